The van der Waals surface area contributed by atoms with Crippen LogP contribution in [-0.2, 0) is 4.79 Å². The molecule has 10 nitrogen and oxygen atoms in total. The summed E-state index contributed by atoms with van der Waals surface area (Å²) in [5.41, 5.74) is 3.41. The molecule has 3 rings (SSSR count). The van der Waals surface area contributed by atoms with Gasteiger partial charge in [-0.25, -0.2) is 10.1 Å². The number of hydrogen-bond acceptors (Lipinski definition) is 7. The van der Waals surface area contributed by atoms with Crippen molar-refractivity contribution in [1.82, 2.24) is 20.4 Å². The number of benzene rings is 2. The number of rotatable bonds is 5. The van der Waals surface area contributed by atoms with Crippen molar-refractivity contribution in [2.45, 2.75) is 13.0 Å². The molecule has 1 N–H and O–H groups in total. The van der Waals surface area contributed by atoms with Crippen LogP contribution in [0.2, 0.25) is 0 Å². The van der Waals surface area contributed by atoms with Gasteiger partial charge in [0.25, 0.3) is 11.6 Å². The molecular formula is C16H13N6O4-. The first-order valence-corrected chi connectivity index (χ1v) is 7.55. The fourth-order valence-corrected chi connectivity index (χ4v) is 2.29. The predicted octanol–water partition coefficient (Wildman–Crippen LogP) is 1.12. The SMILES string of the molecule is C[C@H](C(=O)N/N=C\c1cc([N+](=O)[O-])ccc1[O-])n1nnc2ccccc21. The molecule has 0 bridgehead atoms. The summed E-state index contributed by atoms with van der Waals surface area (Å²) in [6.45, 7) is 1.62. The maximum Gasteiger partial charge on any atom is 0.270 e. The summed E-state index contributed by atoms with van der Waals surface area (Å²) < 4.78 is 1.45. The van der Waals surface area contributed by atoms with Gasteiger partial charge in [0.1, 0.15) is 11.6 Å². The van der Waals surface area contributed by atoms with Crippen molar-refractivity contribution in [3.05, 3.63) is 58.1 Å². The Morgan fingerprint density at radius 1 is 1.35 bits per heavy atom. The Bertz CT molecular complexity index is 1010. The Labute approximate surface area is 146 Å². The smallest absolute Gasteiger partial charge is 0.270 e. The second kappa shape index (κ2) is 6.97. The van der Waals surface area contributed by atoms with Gasteiger partial charge in [0.05, 0.1) is 16.7 Å². The third-order valence-corrected chi connectivity index (χ3v) is 3.71. The lowest BCUT2D eigenvalue weighted by molar-refractivity contribution is -0.385. The lowest BCUT2D eigenvalue weighted by Gasteiger charge is -2.11. The van der Waals surface area contributed by atoms with Gasteiger partial charge < -0.3 is 5.11 Å². The number of hydrogen-bond donors (Lipinski definition) is 1. The van der Waals surface area contributed by atoms with E-state index in [0.29, 0.717) is 11.0 Å². The lowest BCUT2D eigenvalue weighted by Crippen LogP contribution is -2.28. The average molecular weight is 353 g/mol. The minimum atomic E-state index is -0.698. The van der Waals surface area contributed by atoms with Crippen molar-refractivity contribution in [3.63, 3.8) is 0 Å². The van der Waals surface area contributed by atoms with Gasteiger partial charge in [-0.2, -0.15) is 5.10 Å². The van der Waals surface area contributed by atoms with Crippen molar-refractivity contribution in [1.29, 1.82) is 0 Å². The number of carbonyl (C=O) groups is 1. The number of nitrogens with zero attached hydrogens (tertiary/aromatic N) is 5. The first kappa shape index (κ1) is 17.0. The summed E-state index contributed by atoms with van der Waals surface area (Å²) in [6, 6.07) is 9.76. The molecule has 0 saturated heterocycles. The van der Waals surface area contributed by atoms with Gasteiger partial charge in [-0.3, -0.25) is 14.9 Å². The molecule has 1 amide bonds. The van der Waals surface area contributed by atoms with E-state index in [0.717, 1.165) is 24.4 Å². The summed E-state index contributed by atoms with van der Waals surface area (Å²) in [4.78, 5) is 22.4. The molecule has 2 aromatic carbocycles. The van der Waals surface area contributed by atoms with Crippen LogP contribution in [-0.4, -0.2) is 32.0 Å². The zero-order valence-electron chi connectivity index (χ0n) is 13.6. The van der Waals surface area contributed by atoms with E-state index in [9.17, 15) is 20.0 Å². The van der Waals surface area contributed by atoms with Crippen LogP contribution < -0.4 is 10.5 Å². The van der Waals surface area contributed by atoms with Crippen LogP contribution in [0.3, 0.4) is 0 Å². The molecule has 0 unspecified atom stereocenters. The highest BCUT2D eigenvalue weighted by atomic mass is 16.6. The minimum absolute atomic E-state index is 0.00152. The number of non-ortho nitro benzene ring substituents is 1. The van der Waals surface area contributed by atoms with E-state index in [2.05, 4.69) is 20.8 Å². The van der Waals surface area contributed by atoms with Crippen LogP contribution in [0.1, 0.15) is 18.5 Å². The van der Waals surface area contributed by atoms with Crippen molar-refractivity contribution < 1.29 is 14.8 Å². The van der Waals surface area contributed by atoms with Gasteiger partial charge in [0, 0.05) is 12.1 Å². The fraction of sp³-hybridized carbons (Fsp3) is 0.125. The summed E-state index contributed by atoms with van der Waals surface area (Å²) in [7, 11) is 0. The molecule has 132 valence electrons. The van der Waals surface area contributed by atoms with Gasteiger partial charge >= 0.3 is 0 Å². The normalized spacial score (nSPS) is 12.3. The van der Waals surface area contributed by atoms with Crippen LogP contribution in [0, 0.1) is 10.1 Å². The third kappa shape index (κ3) is 3.34. The molecule has 1 heterocycles. The molecule has 0 radical (unpaired) electrons. The number of carbonyl (C=O) groups excluding carboxylic acids is 1. The number of nitro groups is 1. The van der Waals surface area contributed by atoms with Crippen LogP contribution in [0.5, 0.6) is 5.75 Å². The summed E-state index contributed by atoms with van der Waals surface area (Å²) in [5.74, 6) is -0.918. The molecule has 0 fully saturated rings. The maximum absolute atomic E-state index is 12.2. The molecule has 0 aliphatic heterocycles. The van der Waals surface area contributed by atoms with Gasteiger partial charge in [-0.1, -0.05) is 29.2 Å². The van der Waals surface area contributed by atoms with Crippen molar-refractivity contribution in [2.75, 3.05) is 0 Å². The predicted molar refractivity (Wildman–Crippen MR) is 90.5 cm³/mol. The number of nitrogens with one attached hydrogen (secondary N) is 1. The second-order valence-electron chi connectivity index (χ2n) is 5.41. The number of amides is 1. The van der Waals surface area contributed by atoms with Crippen LogP contribution in [0.25, 0.3) is 11.0 Å². The van der Waals surface area contributed by atoms with Crippen molar-refractivity contribution in [2.24, 2.45) is 5.10 Å². The van der Waals surface area contributed by atoms with Crippen molar-refractivity contribution in [3.8, 4) is 5.75 Å². The molecule has 0 spiro atoms. The lowest BCUT2D eigenvalue weighted by atomic mass is 10.2. The fourth-order valence-electron chi connectivity index (χ4n) is 2.29. The highest BCUT2D eigenvalue weighted by Crippen LogP contribution is 2.19. The third-order valence-electron chi connectivity index (χ3n) is 3.71. The minimum Gasteiger partial charge on any atom is -0.872 e. The van der Waals surface area contributed by atoms with Gasteiger partial charge in [0.15, 0.2) is 0 Å². The topological polar surface area (TPSA) is 138 Å². The Hall–Kier alpha value is -3.82. The first-order chi connectivity index (χ1) is 12.5. The molecule has 0 saturated carbocycles. The molecule has 0 aliphatic rings. The van der Waals surface area contributed by atoms with Crippen LogP contribution in [0.4, 0.5) is 5.69 Å². The highest BCUT2D eigenvalue weighted by molar-refractivity contribution is 5.87. The molecule has 0 aliphatic carbocycles. The first-order valence-electron chi connectivity index (χ1n) is 7.55. The number of aromatic nitrogens is 3. The van der Waals surface area contributed by atoms with Crippen LogP contribution in [0.15, 0.2) is 47.6 Å². The van der Waals surface area contributed by atoms with E-state index < -0.39 is 22.6 Å². The monoisotopic (exact) mass is 353 g/mol. The van der Waals surface area contributed by atoms with E-state index >= 15 is 0 Å². The average Bonchev–Trinajstić information content (AvgIpc) is 3.06. The number of para-hydroxylation sites is 1. The van der Waals surface area contributed by atoms with Crippen LogP contribution >= 0.6 is 0 Å². The Balaban J connectivity index is 1.73. The molecule has 26 heavy (non-hydrogen) atoms. The van der Waals surface area contributed by atoms with E-state index in [1.165, 1.54) is 4.68 Å². The molecule has 1 atom stereocenters. The van der Waals surface area contributed by atoms with Crippen molar-refractivity contribution >= 4 is 28.8 Å². The standard InChI is InChI=1S/C16H14N6O4/c1-10(21-14-5-3-2-4-13(14)18-20-21)16(24)19-17-9-11-8-12(22(25)26)6-7-15(11)23/h2-10,23H,1H3,(H,19,24)/p-1/b17-9-/t10-/m1/s1. The summed E-state index contributed by atoms with van der Waals surface area (Å²) in [6.07, 6.45) is 1.07. The van der Waals surface area contributed by atoms with Gasteiger partial charge in [-0.15, -0.1) is 5.10 Å². The van der Waals surface area contributed by atoms with E-state index in [1.807, 2.05) is 12.1 Å². The molecule has 10 heteroatoms. The summed E-state index contributed by atoms with van der Waals surface area (Å²) >= 11 is 0. The Morgan fingerprint density at radius 2 is 2.12 bits per heavy atom. The largest absolute Gasteiger partial charge is 0.872 e. The Kier molecular flexibility index (Phi) is 4.56. The molecule has 3 aromatic rings. The van der Waals surface area contributed by atoms with E-state index in [4.69, 9.17) is 0 Å². The quantitative estimate of drug-likeness (QED) is 0.414. The summed E-state index contributed by atoms with van der Waals surface area (Å²) in [5, 5.41) is 34.1. The maximum atomic E-state index is 12.2. The Morgan fingerprint density at radius 3 is 2.88 bits per heavy atom. The molecule has 1 aromatic heterocycles. The highest BCUT2D eigenvalue weighted by Gasteiger charge is 2.18. The number of hydrazone groups is 1. The van der Waals surface area contributed by atoms with E-state index in [-0.39, 0.29) is 11.3 Å². The number of fused-ring (bicyclic) bond motifs is 1. The van der Waals surface area contributed by atoms with Gasteiger partial charge in [-0.05, 0) is 24.6 Å². The zero-order valence-corrected chi connectivity index (χ0v) is 13.6. The number of nitro benzene ring substituents is 1. The van der Waals surface area contributed by atoms with Gasteiger partial charge in [0.2, 0.25) is 0 Å². The van der Waals surface area contributed by atoms with E-state index in [1.54, 1.807) is 19.1 Å². The zero-order chi connectivity index (χ0) is 18.7. The molecular weight excluding hydrogens is 340 g/mol. The second-order valence-corrected chi connectivity index (χ2v) is 5.41.